The molecule has 0 amide bonds. The molecule has 1 saturated heterocycles. The van der Waals surface area contributed by atoms with Crippen molar-refractivity contribution in [2.24, 2.45) is 0 Å². The number of carbonyl (C=O) groups is 3. The van der Waals surface area contributed by atoms with Crippen molar-refractivity contribution in [1.29, 1.82) is 0 Å². The van der Waals surface area contributed by atoms with Gasteiger partial charge in [-0.2, -0.15) is 4.57 Å². The summed E-state index contributed by atoms with van der Waals surface area (Å²) < 4.78 is 18.3. The molecule has 1 aromatic rings. The van der Waals surface area contributed by atoms with Crippen LogP contribution in [0.25, 0.3) is 0 Å². The molecule has 0 spiro atoms. The third kappa shape index (κ3) is 3.97. The van der Waals surface area contributed by atoms with Crippen molar-refractivity contribution in [3.63, 3.8) is 0 Å². The van der Waals surface area contributed by atoms with E-state index in [1.165, 1.54) is 20.8 Å². The van der Waals surface area contributed by atoms with Crippen LogP contribution in [0.4, 0.5) is 0 Å². The number of aromatic nitrogens is 1. The second-order valence-corrected chi connectivity index (χ2v) is 5.72. The number of ether oxygens (including phenoxy) is 3. The van der Waals surface area contributed by atoms with Crippen molar-refractivity contribution in [3.8, 4) is 0 Å². The van der Waals surface area contributed by atoms with Gasteiger partial charge in [0, 0.05) is 19.9 Å². The molecule has 2 rings (SSSR count). The number of esters is 2. The molecule has 1 aromatic heterocycles. The lowest BCUT2D eigenvalue weighted by molar-refractivity contribution is -0.765. The van der Waals surface area contributed by atoms with Gasteiger partial charge in [-0.25, -0.2) is 0 Å². The van der Waals surface area contributed by atoms with E-state index in [0.717, 1.165) is 0 Å². The van der Waals surface area contributed by atoms with Gasteiger partial charge < -0.3 is 14.2 Å². The third-order valence-electron chi connectivity index (χ3n) is 3.81. The lowest BCUT2D eigenvalue weighted by Gasteiger charge is -2.21. The summed E-state index contributed by atoms with van der Waals surface area (Å²) in [4.78, 5) is 34.5. The number of Topliss-reactive ketones (excluding diaryl/α,β-unsaturated/α-hetero) is 1. The molecule has 7 heteroatoms. The standard InChI is InChI=1S/C17H22NO6/c1-5-14-15(22-11(3)20)16(23-12(4)21)17(24-14)18-8-6-7-13(9-18)10(2)19/h6-9,14-17H,5H2,1-4H3/q+1/t14-,15+,16?,17-/m1/s1. The summed E-state index contributed by atoms with van der Waals surface area (Å²) in [5.74, 6) is -1.05. The van der Waals surface area contributed by atoms with E-state index in [0.29, 0.717) is 12.0 Å². The first-order chi connectivity index (χ1) is 11.3. The number of hydrogen-bond donors (Lipinski definition) is 0. The van der Waals surface area contributed by atoms with E-state index in [2.05, 4.69) is 0 Å². The van der Waals surface area contributed by atoms with Crippen LogP contribution in [0.3, 0.4) is 0 Å². The van der Waals surface area contributed by atoms with Gasteiger partial charge in [-0.15, -0.1) is 0 Å². The SMILES string of the molecule is CC[C@H]1O[C@@H]([n+]2cccc(C(C)=O)c2)C(OC(C)=O)[C@H]1OC(C)=O. The summed E-state index contributed by atoms with van der Waals surface area (Å²) in [6.45, 7) is 5.95. The minimum Gasteiger partial charge on any atom is -0.455 e. The van der Waals surface area contributed by atoms with Crippen LogP contribution in [0.15, 0.2) is 24.5 Å². The quantitative estimate of drug-likeness (QED) is 0.458. The van der Waals surface area contributed by atoms with E-state index in [-0.39, 0.29) is 5.78 Å². The highest BCUT2D eigenvalue weighted by molar-refractivity contribution is 5.93. The zero-order chi connectivity index (χ0) is 17.9. The first-order valence-corrected chi connectivity index (χ1v) is 7.85. The van der Waals surface area contributed by atoms with Crippen LogP contribution >= 0.6 is 0 Å². The predicted octanol–water partition coefficient (Wildman–Crippen LogP) is 1.35. The fourth-order valence-corrected chi connectivity index (χ4v) is 2.79. The van der Waals surface area contributed by atoms with Gasteiger partial charge >= 0.3 is 18.2 Å². The number of carbonyl (C=O) groups excluding carboxylic acids is 3. The Morgan fingerprint density at radius 3 is 2.29 bits per heavy atom. The van der Waals surface area contributed by atoms with Gasteiger partial charge in [0.1, 0.15) is 6.10 Å². The molecule has 0 N–H and O–H groups in total. The van der Waals surface area contributed by atoms with Crippen molar-refractivity contribution < 1.29 is 33.2 Å². The molecule has 1 aliphatic heterocycles. The van der Waals surface area contributed by atoms with Gasteiger partial charge in [0.2, 0.25) is 6.10 Å². The van der Waals surface area contributed by atoms with Gasteiger partial charge in [0.15, 0.2) is 24.3 Å². The second kappa shape index (κ2) is 7.53. The van der Waals surface area contributed by atoms with Crippen LogP contribution in [0.2, 0.25) is 0 Å². The largest absolute Gasteiger partial charge is 0.455 e. The molecule has 24 heavy (non-hydrogen) atoms. The molecule has 2 heterocycles. The summed E-state index contributed by atoms with van der Waals surface area (Å²) in [5.41, 5.74) is 0.506. The lowest BCUT2D eigenvalue weighted by Crippen LogP contribution is -2.48. The van der Waals surface area contributed by atoms with Crippen LogP contribution in [0, 0.1) is 0 Å². The molecular formula is C17H22NO6+. The fraction of sp³-hybridized carbons (Fsp3) is 0.529. The number of pyridine rings is 1. The molecule has 130 valence electrons. The van der Waals surface area contributed by atoms with E-state index in [9.17, 15) is 14.4 Å². The Balaban J connectivity index is 2.38. The normalized spacial score (nSPS) is 26.0. The summed E-state index contributed by atoms with van der Waals surface area (Å²) >= 11 is 0. The molecule has 0 saturated carbocycles. The minimum atomic E-state index is -0.788. The zero-order valence-corrected chi connectivity index (χ0v) is 14.2. The van der Waals surface area contributed by atoms with Crippen molar-refractivity contribution in [2.75, 3.05) is 0 Å². The van der Waals surface area contributed by atoms with Gasteiger partial charge in [0.05, 0.1) is 5.56 Å². The van der Waals surface area contributed by atoms with Crippen LogP contribution < -0.4 is 4.57 Å². The van der Waals surface area contributed by atoms with Crippen molar-refractivity contribution in [2.45, 2.75) is 58.7 Å². The number of nitrogens with zero attached hydrogens (tertiary/aromatic N) is 1. The topological polar surface area (TPSA) is 82.8 Å². The van der Waals surface area contributed by atoms with Crippen molar-refractivity contribution in [1.82, 2.24) is 0 Å². The smallest absolute Gasteiger partial charge is 0.304 e. The first-order valence-electron chi connectivity index (χ1n) is 7.85. The molecular weight excluding hydrogens is 314 g/mol. The van der Waals surface area contributed by atoms with Gasteiger partial charge in [-0.05, 0) is 19.4 Å². The molecule has 0 aromatic carbocycles. The van der Waals surface area contributed by atoms with E-state index in [4.69, 9.17) is 14.2 Å². The molecule has 1 unspecified atom stereocenters. The highest BCUT2D eigenvalue weighted by Crippen LogP contribution is 2.32. The van der Waals surface area contributed by atoms with Crippen LogP contribution in [-0.2, 0) is 23.8 Å². The summed E-state index contributed by atoms with van der Waals surface area (Å²) in [7, 11) is 0. The lowest BCUT2D eigenvalue weighted by atomic mass is 10.1. The van der Waals surface area contributed by atoms with E-state index in [1.807, 2.05) is 6.92 Å². The van der Waals surface area contributed by atoms with E-state index in [1.54, 1.807) is 29.1 Å². The van der Waals surface area contributed by atoms with E-state index < -0.39 is 36.5 Å². The molecule has 1 fully saturated rings. The molecule has 0 bridgehead atoms. The number of ketones is 1. The van der Waals surface area contributed by atoms with Gasteiger partial charge in [-0.3, -0.25) is 14.4 Å². The zero-order valence-electron chi connectivity index (χ0n) is 14.2. The molecule has 7 nitrogen and oxygen atoms in total. The Morgan fingerprint density at radius 2 is 1.75 bits per heavy atom. The highest BCUT2D eigenvalue weighted by atomic mass is 16.6. The van der Waals surface area contributed by atoms with Crippen molar-refractivity contribution >= 4 is 17.7 Å². The first kappa shape index (κ1) is 18.1. The number of hydrogen-bond acceptors (Lipinski definition) is 6. The summed E-state index contributed by atoms with van der Waals surface area (Å²) in [6.07, 6.45) is 1.36. The third-order valence-corrected chi connectivity index (χ3v) is 3.81. The summed E-state index contributed by atoms with van der Waals surface area (Å²) in [6, 6.07) is 3.40. The van der Waals surface area contributed by atoms with Crippen LogP contribution in [-0.4, -0.2) is 36.0 Å². The molecule has 0 radical (unpaired) electrons. The number of rotatable bonds is 5. The monoisotopic (exact) mass is 336 g/mol. The Morgan fingerprint density at radius 1 is 1.12 bits per heavy atom. The average Bonchev–Trinajstić information content (AvgIpc) is 2.84. The maximum atomic E-state index is 11.6. The van der Waals surface area contributed by atoms with Crippen molar-refractivity contribution in [3.05, 3.63) is 30.1 Å². The van der Waals surface area contributed by atoms with Gasteiger partial charge in [-0.1, -0.05) is 6.92 Å². The summed E-state index contributed by atoms with van der Waals surface area (Å²) in [5, 5.41) is 0. The molecule has 0 aliphatic carbocycles. The molecule has 1 aliphatic rings. The Bertz CT molecular complexity index is 644. The Kier molecular flexibility index (Phi) is 5.66. The second-order valence-electron chi connectivity index (χ2n) is 5.72. The van der Waals surface area contributed by atoms with E-state index >= 15 is 0 Å². The average molecular weight is 336 g/mol. The molecule has 4 atom stereocenters. The fourth-order valence-electron chi connectivity index (χ4n) is 2.79. The highest BCUT2D eigenvalue weighted by Gasteiger charge is 2.53. The maximum Gasteiger partial charge on any atom is 0.304 e. The minimum absolute atomic E-state index is 0.0880. The van der Waals surface area contributed by atoms with Crippen LogP contribution in [0.1, 0.15) is 50.7 Å². The Hall–Kier alpha value is -2.28. The Labute approximate surface area is 140 Å². The van der Waals surface area contributed by atoms with Crippen LogP contribution in [0.5, 0.6) is 0 Å². The predicted molar refractivity (Wildman–Crippen MR) is 82.0 cm³/mol. The maximum absolute atomic E-state index is 11.6. The van der Waals surface area contributed by atoms with Gasteiger partial charge in [0.25, 0.3) is 0 Å².